The fraction of sp³-hybridized carbons (Fsp3) is 0.0800. The number of esters is 1. The SMILES string of the molecule is COC(=O)c1ccc(NC(=O)/C(C#N)=C\c2cccc(OCc3ccc(Cl)cc3)c2)cc1. The summed E-state index contributed by atoms with van der Waals surface area (Å²) in [6, 6.07) is 22.5. The second kappa shape index (κ2) is 10.8. The van der Waals surface area contributed by atoms with Crippen LogP contribution in [0.5, 0.6) is 5.75 Å². The molecule has 0 bridgehead atoms. The minimum atomic E-state index is -0.564. The van der Waals surface area contributed by atoms with Crippen molar-refractivity contribution in [3.05, 3.63) is 100 Å². The smallest absolute Gasteiger partial charge is 0.337 e. The van der Waals surface area contributed by atoms with Crippen LogP contribution in [0.1, 0.15) is 21.5 Å². The summed E-state index contributed by atoms with van der Waals surface area (Å²) in [6.07, 6.45) is 1.48. The Morgan fingerprint density at radius 1 is 1.06 bits per heavy atom. The molecule has 0 aliphatic carbocycles. The van der Waals surface area contributed by atoms with Gasteiger partial charge in [-0.1, -0.05) is 35.9 Å². The molecule has 0 radical (unpaired) electrons. The minimum absolute atomic E-state index is 0.0723. The number of benzene rings is 3. The number of carbonyl (C=O) groups excluding carboxylic acids is 2. The normalized spacial score (nSPS) is 10.7. The molecule has 32 heavy (non-hydrogen) atoms. The largest absolute Gasteiger partial charge is 0.489 e. The number of halogens is 1. The molecule has 3 aromatic carbocycles. The van der Waals surface area contributed by atoms with Gasteiger partial charge in [0.15, 0.2) is 0 Å². The molecule has 160 valence electrons. The van der Waals surface area contributed by atoms with E-state index in [9.17, 15) is 14.9 Å². The van der Waals surface area contributed by atoms with Gasteiger partial charge in [-0.25, -0.2) is 4.79 Å². The summed E-state index contributed by atoms with van der Waals surface area (Å²) in [7, 11) is 1.29. The number of carbonyl (C=O) groups is 2. The lowest BCUT2D eigenvalue weighted by Gasteiger charge is -2.08. The van der Waals surface area contributed by atoms with Gasteiger partial charge in [-0.15, -0.1) is 0 Å². The second-order valence-corrected chi connectivity index (χ2v) is 7.12. The molecule has 1 amide bonds. The zero-order valence-corrected chi connectivity index (χ0v) is 17.9. The molecule has 0 aromatic heterocycles. The van der Waals surface area contributed by atoms with E-state index in [1.165, 1.54) is 25.3 Å². The highest BCUT2D eigenvalue weighted by Crippen LogP contribution is 2.19. The van der Waals surface area contributed by atoms with Crippen molar-refractivity contribution in [2.45, 2.75) is 6.61 Å². The van der Waals surface area contributed by atoms with Gasteiger partial charge in [-0.2, -0.15) is 5.26 Å². The van der Waals surface area contributed by atoms with E-state index < -0.39 is 11.9 Å². The summed E-state index contributed by atoms with van der Waals surface area (Å²) in [5.41, 5.74) is 2.34. The van der Waals surface area contributed by atoms with Gasteiger partial charge in [-0.3, -0.25) is 4.79 Å². The molecule has 0 aliphatic heterocycles. The lowest BCUT2D eigenvalue weighted by Crippen LogP contribution is -2.13. The van der Waals surface area contributed by atoms with Crippen molar-refractivity contribution in [3.63, 3.8) is 0 Å². The average molecular weight is 447 g/mol. The number of ether oxygens (including phenoxy) is 2. The third-order valence-corrected chi connectivity index (χ3v) is 4.67. The topological polar surface area (TPSA) is 88.4 Å². The first-order valence-corrected chi connectivity index (χ1v) is 9.95. The molecule has 0 unspecified atom stereocenters. The number of amides is 1. The van der Waals surface area contributed by atoms with E-state index in [2.05, 4.69) is 10.1 Å². The van der Waals surface area contributed by atoms with E-state index in [1.54, 1.807) is 48.5 Å². The van der Waals surface area contributed by atoms with Crippen LogP contribution in [0, 0.1) is 11.3 Å². The third kappa shape index (κ3) is 6.21. The number of methoxy groups -OCH3 is 1. The van der Waals surface area contributed by atoms with Crippen LogP contribution in [-0.4, -0.2) is 19.0 Å². The molecule has 0 spiro atoms. The average Bonchev–Trinajstić information content (AvgIpc) is 2.82. The van der Waals surface area contributed by atoms with Crippen LogP contribution in [-0.2, 0) is 16.1 Å². The van der Waals surface area contributed by atoms with Crippen LogP contribution in [0.25, 0.3) is 6.08 Å². The molecule has 3 aromatic rings. The summed E-state index contributed by atoms with van der Waals surface area (Å²) in [4.78, 5) is 24.0. The Labute approximate surface area is 190 Å². The van der Waals surface area contributed by atoms with Crippen LogP contribution in [0.2, 0.25) is 5.02 Å². The second-order valence-electron chi connectivity index (χ2n) is 6.68. The quantitative estimate of drug-likeness (QED) is 0.304. The van der Waals surface area contributed by atoms with E-state index in [0.717, 1.165) is 5.56 Å². The molecule has 0 aliphatic rings. The molecule has 7 heteroatoms. The Morgan fingerprint density at radius 2 is 1.78 bits per heavy atom. The fourth-order valence-corrected chi connectivity index (χ4v) is 2.89. The summed E-state index contributed by atoms with van der Waals surface area (Å²) >= 11 is 5.89. The Kier molecular flexibility index (Phi) is 7.63. The van der Waals surface area contributed by atoms with Gasteiger partial charge in [0.25, 0.3) is 5.91 Å². The van der Waals surface area contributed by atoms with E-state index in [0.29, 0.717) is 34.2 Å². The minimum Gasteiger partial charge on any atom is -0.489 e. The molecule has 0 saturated carbocycles. The Hall–Kier alpha value is -4.08. The first-order chi connectivity index (χ1) is 15.5. The van der Waals surface area contributed by atoms with Gasteiger partial charge in [0.1, 0.15) is 24.0 Å². The van der Waals surface area contributed by atoms with Crippen LogP contribution >= 0.6 is 11.6 Å². The number of anilines is 1. The maximum Gasteiger partial charge on any atom is 0.337 e. The zero-order valence-electron chi connectivity index (χ0n) is 17.2. The van der Waals surface area contributed by atoms with E-state index in [1.807, 2.05) is 18.2 Å². The van der Waals surface area contributed by atoms with E-state index in [4.69, 9.17) is 16.3 Å². The Morgan fingerprint density at radius 3 is 2.44 bits per heavy atom. The molecule has 1 N–H and O–H groups in total. The Balaban J connectivity index is 1.67. The zero-order chi connectivity index (χ0) is 22.9. The van der Waals surface area contributed by atoms with Crippen LogP contribution in [0.4, 0.5) is 5.69 Å². The lowest BCUT2D eigenvalue weighted by atomic mass is 10.1. The number of nitrogens with zero attached hydrogens (tertiary/aromatic N) is 1. The summed E-state index contributed by atoms with van der Waals surface area (Å²) in [6.45, 7) is 0.359. The predicted molar refractivity (Wildman–Crippen MR) is 122 cm³/mol. The maximum atomic E-state index is 12.5. The number of nitrogens with one attached hydrogen (secondary N) is 1. The van der Waals surface area contributed by atoms with Gasteiger partial charge in [0.05, 0.1) is 12.7 Å². The fourth-order valence-electron chi connectivity index (χ4n) is 2.76. The third-order valence-electron chi connectivity index (χ3n) is 4.42. The number of hydrogen-bond acceptors (Lipinski definition) is 5. The highest BCUT2D eigenvalue weighted by atomic mass is 35.5. The van der Waals surface area contributed by atoms with Crippen molar-refractivity contribution in [1.82, 2.24) is 0 Å². The van der Waals surface area contributed by atoms with Gasteiger partial charge in [0, 0.05) is 10.7 Å². The number of nitriles is 1. The molecule has 3 rings (SSSR count). The van der Waals surface area contributed by atoms with Gasteiger partial charge in [-0.05, 0) is 65.7 Å². The molecule has 0 fully saturated rings. The van der Waals surface area contributed by atoms with Crippen molar-refractivity contribution < 1.29 is 19.1 Å². The van der Waals surface area contributed by atoms with Crippen LogP contribution < -0.4 is 10.1 Å². The van der Waals surface area contributed by atoms with Crippen LogP contribution in [0.15, 0.2) is 78.4 Å². The summed E-state index contributed by atoms with van der Waals surface area (Å²) in [5, 5.41) is 12.7. The Bertz CT molecular complexity index is 1180. The lowest BCUT2D eigenvalue weighted by molar-refractivity contribution is -0.112. The van der Waals surface area contributed by atoms with E-state index >= 15 is 0 Å². The van der Waals surface area contributed by atoms with Gasteiger partial charge in [0.2, 0.25) is 0 Å². The maximum absolute atomic E-state index is 12.5. The number of rotatable bonds is 7. The van der Waals surface area contributed by atoms with E-state index in [-0.39, 0.29) is 5.57 Å². The van der Waals surface area contributed by atoms with Gasteiger partial charge < -0.3 is 14.8 Å². The van der Waals surface area contributed by atoms with Crippen molar-refractivity contribution in [3.8, 4) is 11.8 Å². The van der Waals surface area contributed by atoms with Crippen molar-refractivity contribution in [2.75, 3.05) is 12.4 Å². The van der Waals surface area contributed by atoms with Crippen molar-refractivity contribution in [1.29, 1.82) is 5.26 Å². The highest BCUT2D eigenvalue weighted by molar-refractivity contribution is 6.30. The monoisotopic (exact) mass is 446 g/mol. The predicted octanol–water partition coefficient (Wildman–Crippen LogP) is 5.25. The molecular weight excluding hydrogens is 428 g/mol. The molecule has 0 atom stereocenters. The van der Waals surface area contributed by atoms with Crippen molar-refractivity contribution in [2.24, 2.45) is 0 Å². The first kappa shape index (κ1) is 22.6. The first-order valence-electron chi connectivity index (χ1n) is 9.57. The standard InChI is InChI=1S/C25H19ClN2O4/c1-31-25(30)19-7-11-22(12-8-19)28-24(29)20(15-27)13-18-3-2-4-23(14-18)32-16-17-5-9-21(26)10-6-17/h2-14H,16H2,1H3,(H,28,29)/b20-13-. The molecule has 0 saturated heterocycles. The highest BCUT2D eigenvalue weighted by Gasteiger charge is 2.11. The summed E-state index contributed by atoms with van der Waals surface area (Å²) < 4.78 is 10.4. The van der Waals surface area contributed by atoms with Gasteiger partial charge >= 0.3 is 5.97 Å². The number of hydrogen-bond donors (Lipinski definition) is 1. The molecular formula is C25H19ClN2O4. The molecule has 6 nitrogen and oxygen atoms in total. The van der Waals surface area contributed by atoms with Crippen molar-refractivity contribution >= 4 is 35.2 Å². The molecule has 0 heterocycles. The summed E-state index contributed by atoms with van der Waals surface area (Å²) in [5.74, 6) is -0.436. The van der Waals surface area contributed by atoms with Crippen LogP contribution in [0.3, 0.4) is 0 Å².